The fraction of sp³-hybridized carbons (Fsp3) is 0.311. The number of thioether (sulfide) groups is 1. The molecule has 6 atom stereocenters. The number of rotatable bonds is 16. The summed E-state index contributed by atoms with van der Waals surface area (Å²) in [6.45, 7) is 2.34. The second-order valence-electron chi connectivity index (χ2n) is 13.4. The molecule has 5 aromatic rings. The van der Waals surface area contributed by atoms with E-state index in [0.717, 1.165) is 34.2 Å². The van der Waals surface area contributed by atoms with E-state index in [9.17, 15) is 4.79 Å². The van der Waals surface area contributed by atoms with Crippen LogP contribution < -0.4 is 0 Å². The van der Waals surface area contributed by atoms with Gasteiger partial charge in [0.15, 0.2) is 6.29 Å². The Morgan fingerprint density at radius 2 is 1.15 bits per heavy atom. The first-order valence-electron chi connectivity index (χ1n) is 18.6. The third kappa shape index (κ3) is 10.6. The maximum absolute atomic E-state index is 13.4. The molecule has 2 aliphatic rings. The second kappa shape index (κ2) is 19.7. The Bertz CT molecular complexity index is 1820. The van der Waals surface area contributed by atoms with Gasteiger partial charge in [0.2, 0.25) is 0 Å². The van der Waals surface area contributed by atoms with E-state index in [-0.39, 0.29) is 24.2 Å². The van der Waals surface area contributed by atoms with Crippen LogP contribution in [0.15, 0.2) is 152 Å². The Morgan fingerprint density at radius 3 is 1.74 bits per heavy atom. The number of benzene rings is 5. The largest absolute Gasteiger partial charge is 0.445 e. The molecule has 2 aliphatic heterocycles. The van der Waals surface area contributed by atoms with Gasteiger partial charge in [-0.15, -0.1) is 11.8 Å². The Balaban J connectivity index is 1.06. The van der Waals surface area contributed by atoms with Crippen LogP contribution in [0.25, 0.3) is 0 Å². The highest BCUT2D eigenvalue weighted by Crippen LogP contribution is 2.40. The van der Waals surface area contributed by atoms with E-state index >= 15 is 0 Å². The van der Waals surface area contributed by atoms with Crippen LogP contribution in [0.4, 0.5) is 4.79 Å². The van der Waals surface area contributed by atoms with Crippen molar-refractivity contribution in [2.24, 2.45) is 0 Å². The topological polar surface area (TPSA) is 75.7 Å². The second-order valence-corrected chi connectivity index (χ2v) is 14.6. The highest BCUT2D eigenvalue weighted by atomic mass is 32.2. The van der Waals surface area contributed by atoms with E-state index in [2.05, 4.69) is 24.3 Å². The van der Waals surface area contributed by atoms with Crippen molar-refractivity contribution in [3.05, 3.63) is 179 Å². The summed E-state index contributed by atoms with van der Waals surface area (Å²) in [6, 6.07) is 50.0. The molecule has 8 nitrogen and oxygen atoms in total. The average molecular weight is 746 g/mol. The van der Waals surface area contributed by atoms with Crippen LogP contribution in [-0.4, -0.2) is 59.7 Å². The number of ether oxygens (including phenoxy) is 6. The summed E-state index contributed by atoms with van der Waals surface area (Å²) in [4.78, 5) is 15.2. The summed E-state index contributed by atoms with van der Waals surface area (Å²) in [5.74, 6) is 0.713. The number of amides is 1. The lowest BCUT2D eigenvalue weighted by Gasteiger charge is -2.49. The predicted octanol–water partition coefficient (Wildman–Crippen LogP) is 8.96. The number of nitrogens with zero attached hydrogens (tertiary/aromatic N) is 1. The average Bonchev–Trinajstić information content (AvgIpc) is 3.24. The summed E-state index contributed by atoms with van der Waals surface area (Å²) in [5, 5.41) is 0. The van der Waals surface area contributed by atoms with Gasteiger partial charge in [-0.1, -0.05) is 152 Å². The first kappa shape index (κ1) is 37.8. The maximum atomic E-state index is 13.4. The summed E-state index contributed by atoms with van der Waals surface area (Å²) in [7, 11) is 0. The van der Waals surface area contributed by atoms with Crippen molar-refractivity contribution in [2.75, 3.05) is 18.9 Å². The zero-order chi connectivity index (χ0) is 36.8. The quantitative estimate of drug-likeness (QED) is 0.0928. The molecular formula is C45H47NO7S. The molecule has 54 heavy (non-hydrogen) atoms. The smallest absolute Gasteiger partial charge is 0.410 e. The van der Waals surface area contributed by atoms with Gasteiger partial charge in [0.05, 0.1) is 19.8 Å². The molecule has 9 heteroatoms. The minimum absolute atomic E-state index is 0.220. The molecule has 1 amide bonds. The lowest BCUT2D eigenvalue weighted by Crippen LogP contribution is -2.62. The van der Waals surface area contributed by atoms with Crippen LogP contribution in [0, 0.1) is 0 Å². The Morgan fingerprint density at radius 1 is 0.630 bits per heavy atom. The van der Waals surface area contributed by atoms with Crippen molar-refractivity contribution in [1.82, 2.24) is 4.90 Å². The van der Waals surface area contributed by atoms with E-state index < -0.39 is 24.6 Å². The number of hydrogen-bond acceptors (Lipinski definition) is 8. The van der Waals surface area contributed by atoms with Gasteiger partial charge in [-0.25, -0.2) is 4.79 Å². The minimum Gasteiger partial charge on any atom is -0.445 e. The van der Waals surface area contributed by atoms with Gasteiger partial charge in [-0.2, -0.15) is 0 Å². The molecule has 5 aromatic carbocycles. The fourth-order valence-corrected chi connectivity index (χ4v) is 7.84. The molecule has 2 heterocycles. The monoisotopic (exact) mass is 745 g/mol. The molecule has 280 valence electrons. The lowest BCUT2D eigenvalue weighted by molar-refractivity contribution is -0.329. The summed E-state index contributed by atoms with van der Waals surface area (Å²) in [6.07, 6.45) is -1.85. The highest BCUT2D eigenvalue weighted by Gasteiger charge is 2.51. The molecule has 0 bridgehead atoms. The Kier molecular flexibility index (Phi) is 13.8. The van der Waals surface area contributed by atoms with Crippen LogP contribution in [0.3, 0.4) is 0 Å². The van der Waals surface area contributed by atoms with Crippen molar-refractivity contribution in [3.63, 3.8) is 0 Å². The van der Waals surface area contributed by atoms with Gasteiger partial charge in [0.25, 0.3) is 0 Å². The summed E-state index contributed by atoms with van der Waals surface area (Å²) in [5.41, 5.74) is 4.69. The van der Waals surface area contributed by atoms with E-state index in [1.54, 1.807) is 16.7 Å². The molecule has 0 aliphatic carbocycles. The Hall–Kier alpha value is -4.48. The number of carbonyl (C=O) groups excluding carboxylic acids is 1. The number of fused-ring (bicyclic) bond motifs is 1. The molecule has 1 unspecified atom stereocenters. The molecule has 0 aromatic heterocycles. The third-order valence-electron chi connectivity index (χ3n) is 9.46. The SMILES string of the molecule is O=C(OCc1ccccc1)N(CCCS[C@@H]1O[C@@H]2COC(c3ccccc3)O[C@@H]2[C@H](OCc2ccccc2)[C@H]1OCc1ccccc1)Cc1ccccc1. The molecule has 0 N–H and O–H groups in total. The molecule has 0 spiro atoms. The van der Waals surface area contributed by atoms with Gasteiger partial charge < -0.3 is 33.3 Å². The lowest BCUT2D eigenvalue weighted by atomic mass is 9.98. The van der Waals surface area contributed by atoms with Crippen molar-refractivity contribution >= 4 is 17.9 Å². The minimum atomic E-state index is -0.546. The van der Waals surface area contributed by atoms with Gasteiger partial charge in [0, 0.05) is 18.7 Å². The molecule has 0 radical (unpaired) electrons. The van der Waals surface area contributed by atoms with Crippen LogP contribution in [0.2, 0.25) is 0 Å². The van der Waals surface area contributed by atoms with Crippen LogP contribution in [-0.2, 0) is 54.8 Å². The Labute approximate surface area is 322 Å². The third-order valence-corrected chi connectivity index (χ3v) is 10.7. The molecule has 2 fully saturated rings. The van der Waals surface area contributed by atoms with Gasteiger partial charge >= 0.3 is 6.09 Å². The summed E-state index contributed by atoms with van der Waals surface area (Å²) >= 11 is 1.67. The maximum Gasteiger partial charge on any atom is 0.410 e. The first-order valence-corrected chi connectivity index (χ1v) is 19.6. The zero-order valence-corrected chi connectivity index (χ0v) is 31.1. The summed E-state index contributed by atoms with van der Waals surface area (Å²) < 4.78 is 39.0. The van der Waals surface area contributed by atoms with E-state index in [0.29, 0.717) is 38.7 Å². The number of hydrogen-bond donors (Lipinski definition) is 0. The van der Waals surface area contributed by atoms with Gasteiger partial charge in [-0.3, -0.25) is 0 Å². The van der Waals surface area contributed by atoms with E-state index in [1.807, 2.05) is 127 Å². The van der Waals surface area contributed by atoms with E-state index in [1.165, 1.54) is 0 Å². The van der Waals surface area contributed by atoms with E-state index in [4.69, 9.17) is 28.4 Å². The van der Waals surface area contributed by atoms with Crippen LogP contribution in [0.5, 0.6) is 0 Å². The first-order chi connectivity index (χ1) is 26.7. The fourth-order valence-electron chi connectivity index (χ4n) is 6.66. The van der Waals surface area contributed by atoms with Crippen LogP contribution >= 0.6 is 11.8 Å². The zero-order valence-electron chi connectivity index (χ0n) is 30.3. The predicted molar refractivity (Wildman–Crippen MR) is 209 cm³/mol. The molecule has 2 saturated heterocycles. The molecule has 7 rings (SSSR count). The van der Waals surface area contributed by atoms with Crippen molar-refractivity contribution < 1.29 is 33.2 Å². The van der Waals surface area contributed by atoms with Gasteiger partial charge in [0.1, 0.15) is 36.5 Å². The van der Waals surface area contributed by atoms with Crippen LogP contribution in [0.1, 0.15) is 40.5 Å². The standard InChI is InChI=1S/C45H47NO7S/c47-45(51-32-37-23-12-4-13-24-37)46(29-34-17-6-1-7-18-34)27-16-28-54-44-42(49-31-36-21-10-3-11-22-36)41(48-30-35-19-8-2-9-20-35)40-39(52-44)33-50-43(53-40)38-25-14-5-15-26-38/h1-15,17-26,39-44H,16,27-33H2/t39-,40+,41+,42-,43?,44+/m1/s1. The van der Waals surface area contributed by atoms with Crippen molar-refractivity contribution in [1.29, 1.82) is 0 Å². The normalized spacial score (nSPS) is 22.2. The van der Waals surface area contributed by atoms with Crippen molar-refractivity contribution in [3.8, 4) is 0 Å². The molecule has 0 saturated carbocycles. The highest BCUT2D eigenvalue weighted by molar-refractivity contribution is 7.99. The van der Waals surface area contributed by atoms with Gasteiger partial charge in [-0.05, 0) is 34.4 Å². The molecular weight excluding hydrogens is 699 g/mol. The van der Waals surface area contributed by atoms with Crippen molar-refractivity contribution in [2.45, 2.75) is 68.9 Å². The number of carbonyl (C=O) groups is 1.